The number of nitrogens with zero attached hydrogens (tertiary/aromatic N) is 1. The molecule has 1 atom stereocenters. The Morgan fingerprint density at radius 2 is 2.16 bits per heavy atom. The number of nitrogen functional groups attached to an aromatic ring is 1. The Hall–Kier alpha value is 0.766. The average molecular weight is 374 g/mol. The van der Waals surface area contributed by atoms with Crippen molar-refractivity contribution >= 4 is 42.0 Å². The Labute approximate surface area is 166 Å². The normalized spacial score (nSPS) is 10.5. The molecule has 0 amide bonds. The van der Waals surface area contributed by atoms with Gasteiger partial charge in [0.25, 0.3) is 0 Å². The molecule has 3 N–H and O–H groups in total. The zero-order valence-corrected chi connectivity index (χ0v) is 17.4. The monoisotopic (exact) mass is 373 g/mol. The third-order valence-corrected chi connectivity index (χ3v) is 2.32. The molecule has 0 bridgehead atoms. The summed E-state index contributed by atoms with van der Waals surface area (Å²) in [6.45, 7) is 6.12. The van der Waals surface area contributed by atoms with Crippen LogP contribution in [0.2, 0.25) is 0 Å². The van der Waals surface area contributed by atoms with Crippen LogP contribution in [-0.2, 0) is 4.79 Å². The fourth-order valence-electron chi connectivity index (χ4n) is 0.938. The molecule has 0 fully saturated rings. The summed E-state index contributed by atoms with van der Waals surface area (Å²) in [6.07, 6.45) is 1.57. The smallest absolute Gasteiger partial charge is 0.550 e. The molecule has 19 heavy (non-hydrogen) atoms. The van der Waals surface area contributed by atoms with Crippen LogP contribution in [0.3, 0.4) is 0 Å². The van der Waals surface area contributed by atoms with Crippen LogP contribution < -0.4 is 67.5 Å². The maximum Gasteiger partial charge on any atom is 1.00 e. The van der Waals surface area contributed by atoms with E-state index in [9.17, 15) is 9.90 Å². The summed E-state index contributed by atoms with van der Waals surface area (Å²) >= 11 is 3.25. The van der Waals surface area contributed by atoms with Crippen LogP contribution in [0.15, 0.2) is 16.7 Å². The number of hydrogen-bond acceptors (Lipinski definition) is 5. The zero-order chi connectivity index (χ0) is 14.1. The molecule has 0 saturated heterocycles. The van der Waals surface area contributed by atoms with Gasteiger partial charge in [0.2, 0.25) is 0 Å². The van der Waals surface area contributed by atoms with Crippen molar-refractivity contribution in [2.24, 2.45) is 5.92 Å². The molecule has 0 aliphatic heterocycles. The van der Waals surface area contributed by atoms with E-state index in [4.69, 9.17) is 5.73 Å². The largest absolute Gasteiger partial charge is 1.00 e. The molecule has 0 aliphatic rings. The molecule has 0 saturated carbocycles. The summed E-state index contributed by atoms with van der Waals surface area (Å²) in [5.74, 6) is -1.34. The fourth-order valence-corrected chi connectivity index (χ4v) is 1.27. The predicted molar refractivity (Wildman–Crippen MR) is 79.2 cm³/mol. The molecular weight excluding hydrogens is 356 g/mol. The van der Waals surface area contributed by atoms with Crippen LogP contribution in [0, 0.1) is 5.92 Å². The number of pyridine rings is 1. The van der Waals surface area contributed by atoms with Gasteiger partial charge in [0.15, 0.2) is 0 Å². The molecule has 0 spiro atoms. The standard InChI is InChI=1S/C9H12BrN3O2.C2H7P.K/c1-5(9(14)15)3-12-7-2-6(10)4-13-8(7)11;1-3-2;/h2,4-5,12H,3H2,1H3,(H2,11,13)(H,14,15);3H,1-2H3;/q;;+1/p-1. The van der Waals surface area contributed by atoms with Gasteiger partial charge in [0, 0.05) is 29.1 Å². The Balaban J connectivity index is 0. The zero-order valence-electron chi connectivity index (χ0n) is 11.7. The molecule has 0 radical (unpaired) electrons. The third-order valence-electron chi connectivity index (χ3n) is 1.89. The van der Waals surface area contributed by atoms with Crippen molar-refractivity contribution in [2.75, 3.05) is 30.9 Å². The summed E-state index contributed by atoms with van der Waals surface area (Å²) in [6, 6.07) is 1.74. The maximum absolute atomic E-state index is 10.5. The number of halogens is 1. The van der Waals surface area contributed by atoms with Crippen molar-refractivity contribution < 1.29 is 61.3 Å². The molecule has 1 heterocycles. The Morgan fingerprint density at radius 3 is 2.63 bits per heavy atom. The molecule has 0 aromatic carbocycles. The van der Waals surface area contributed by atoms with Crippen LogP contribution >= 0.6 is 24.5 Å². The quantitative estimate of drug-likeness (QED) is 0.477. The summed E-state index contributed by atoms with van der Waals surface area (Å²) in [4.78, 5) is 14.4. The van der Waals surface area contributed by atoms with E-state index < -0.39 is 11.9 Å². The van der Waals surface area contributed by atoms with Crippen LogP contribution in [0.25, 0.3) is 0 Å². The number of rotatable bonds is 4. The summed E-state index contributed by atoms with van der Waals surface area (Å²) in [5.41, 5.74) is 6.20. The second-order valence-corrected chi connectivity index (χ2v) is 5.60. The Kier molecular flexibility index (Phi) is 14.5. The SMILES string of the molecule is CC(CNc1cc(Br)cnc1N)C(=O)[O-].CPC.[K+]. The minimum atomic E-state index is -1.09. The van der Waals surface area contributed by atoms with Crippen molar-refractivity contribution in [3.05, 3.63) is 16.7 Å². The van der Waals surface area contributed by atoms with E-state index in [1.54, 1.807) is 19.2 Å². The number of anilines is 2. The second-order valence-electron chi connectivity index (χ2n) is 3.69. The van der Waals surface area contributed by atoms with E-state index in [1.165, 1.54) is 0 Å². The van der Waals surface area contributed by atoms with Gasteiger partial charge in [-0.2, -0.15) is 0 Å². The van der Waals surface area contributed by atoms with Crippen molar-refractivity contribution in [3.63, 3.8) is 0 Å². The van der Waals surface area contributed by atoms with Crippen LogP contribution in [0.4, 0.5) is 11.5 Å². The first-order valence-electron chi connectivity index (χ1n) is 5.36. The van der Waals surface area contributed by atoms with Gasteiger partial charge in [-0.05, 0) is 35.3 Å². The van der Waals surface area contributed by atoms with Crippen molar-refractivity contribution in [1.82, 2.24) is 4.98 Å². The molecule has 1 aromatic rings. The number of nitrogens with one attached hydrogen (secondary N) is 1. The Morgan fingerprint density at radius 1 is 1.63 bits per heavy atom. The number of hydrogen-bond donors (Lipinski definition) is 2. The van der Waals surface area contributed by atoms with Crippen molar-refractivity contribution in [2.45, 2.75) is 6.92 Å². The second kappa shape index (κ2) is 12.5. The van der Waals surface area contributed by atoms with E-state index in [-0.39, 0.29) is 57.9 Å². The minimum Gasteiger partial charge on any atom is -0.550 e. The van der Waals surface area contributed by atoms with E-state index in [0.29, 0.717) is 11.5 Å². The van der Waals surface area contributed by atoms with Crippen LogP contribution in [0.1, 0.15) is 6.92 Å². The number of aromatic nitrogens is 1. The van der Waals surface area contributed by atoms with Crippen LogP contribution in [0.5, 0.6) is 0 Å². The van der Waals surface area contributed by atoms with Gasteiger partial charge < -0.3 is 21.0 Å². The van der Waals surface area contributed by atoms with Crippen LogP contribution in [-0.4, -0.2) is 30.8 Å². The minimum absolute atomic E-state index is 0. The summed E-state index contributed by atoms with van der Waals surface area (Å²) in [7, 11) is 1.08. The molecule has 8 heteroatoms. The number of carbonyl (C=O) groups excluding carboxylic acids is 1. The van der Waals surface area contributed by atoms with E-state index >= 15 is 0 Å². The van der Waals surface area contributed by atoms with Gasteiger partial charge in [-0.3, -0.25) is 0 Å². The summed E-state index contributed by atoms with van der Waals surface area (Å²) in [5, 5.41) is 13.4. The van der Waals surface area contributed by atoms with E-state index in [2.05, 4.69) is 39.6 Å². The van der Waals surface area contributed by atoms with E-state index in [0.717, 1.165) is 13.1 Å². The number of carboxylic acid groups (broad SMARTS) is 1. The third kappa shape index (κ3) is 10.2. The van der Waals surface area contributed by atoms with E-state index in [1.807, 2.05) is 0 Å². The van der Waals surface area contributed by atoms with Gasteiger partial charge in [-0.15, -0.1) is 8.58 Å². The first-order chi connectivity index (χ1) is 8.42. The molecule has 1 aromatic heterocycles. The van der Waals surface area contributed by atoms with Gasteiger partial charge in [0.05, 0.1) is 5.69 Å². The fraction of sp³-hybridized carbons (Fsp3) is 0.455. The Bertz CT molecular complexity index is 396. The topological polar surface area (TPSA) is 91.1 Å². The molecular formula is C11H18BrKN3O2P. The van der Waals surface area contributed by atoms with Crippen molar-refractivity contribution in [1.29, 1.82) is 0 Å². The number of carbonyl (C=O) groups is 1. The van der Waals surface area contributed by atoms with Gasteiger partial charge >= 0.3 is 51.4 Å². The van der Waals surface area contributed by atoms with Gasteiger partial charge in [0.1, 0.15) is 5.82 Å². The average Bonchev–Trinajstić information content (AvgIpc) is 2.30. The molecule has 1 unspecified atom stereocenters. The number of nitrogens with two attached hydrogens (primary N) is 1. The van der Waals surface area contributed by atoms with Crippen molar-refractivity contribution in [3.8, 4) is 0 Å². The van der Waals surface area contributed by atoms with Gasteiger partial charge in [-0.1, -0.05) is 6.92 Å². The number of carboxylic acids is 1. The predicted octanol–water partition coefficient (Wildman–Crippen LogP) is -1.85. The maximum atomic E-state index is 10.5. The molecule has 5 nitrogen and oxygen atoms in total. The number of aliphatic carboxylic acids is 1. The first-order valence-corrected chi connectivity index (χ1v) is 8.15. The molecule has 0 aliphatic carbocycles. The molecule has 1 rings (SSSR count). The molecule has 102 valence electrons. The first kappa shape index (κ1) is 22.1. The van der Waals surface area contributed by atoms with Gasteiger partial charge in [-0.25, -0.2) is 4.98 Å². The summed E-state index contributed by atoms with van der Waals surface area (Å²) < 4.78 is 0.778.